The average Bonchev–Trinajstić information content (AvgIpc) is 2.95. The van der Waals surface area contributed by atoms with Crippen LogP contribution < -0.4 is 0 Å². The Morgan fingerprint density at radius 3 is 2.50 bits per heavy atom. The second-order valence-corrected chi connectivity index (χ2v) is 5.66. The van der Waals surface area contributed by atoms with Crippen LogP contribution in [-0.4, -0.2) is 29.3 Å². The van der Waals surface area contributed by atoms with E-state index in [2.05, 4.69) is 4.90 Å². The van der Waals surface area contributed by atoms with Crippen molar-refractivity contribution in [2.75, 3.05) is 13.1 Å². The van der Waals surface area contributed by atoms with Gasteiger partial charge >= 0.3 is 0 Å². The van der Waals surface area contributed by atoms with Crippen molar-refractivity contribution in [1.29, 1.82) is 0 Å². The normalized spacial score (nSPS) is 19.0. The van der Waals surface area contributed by atoms with Crippen LogP contribution in [0.25, 0.3) is 0 Å². The highest BCUT2D eigenvalue weighted by molar-refractivity contribution is 5.89. The molecule has 0 amide bonds. The SMILES string of the molecule is CCC(C)(C(=O)Cc1ccc(F)cc1F)N1CCCC1. The summed E-state index contributed by atoms with van der Waals surface area (Å²) >= 11 is 0. The highest BCUT2D eigenvalue weighted by Crippen LogP contribution is 2.27. The standard InChI is InChI=1S/C16H21F2NO/c1-3-16(2,19-8-4-5-9-19)15(20)10-12-6-7-13(17)11-14(12)18/h6-7,11H,3-5,8-10H2,1-2H3. The van der Waals surface area contributed by atoms with E-state index in [9.17, 15) is 13.6 Å². The van der Waals surface area contributed by atoms with Gasteiger partial charge in [0.15, 0.2) is 5.78 Å². The van der Waals surface area contributed by atoms with Gasteiger partial charge in [0, 0.05) is 12.5 Å². The Balaban J connectivity index is 2.16. The number of ketones is 1. The lowest BCUT2D eigenvalue weighted by atomic mass is 9.87. The number of carbonyl (C=O) groups is 1. The van der Waals surface area contributed by atoms with Gasteiger partial charge in [-0.1, -0.05) is 13.0 Å². The molecule has 1 heterocycles. The maximum absolute atomic E-state index is 13.7. The van der Waals surface area contributed by atoms with E-state index in [1.807, 2.05) is 13.8 Å². The van der Waals surface area contributed by atoms with Crippen molar-refractivity contribution < 1.29 is 13.6 Å². The first-order valence-corrected chi connectivity index (χ1v) is 7.19. The van der Waals surface area contributed by atoms with Crippen LogP contribution in [0, 0.1) is 11.6 Å². The van der Waals surface area contributed by atoms with Crippen LogP contribution in [0.3, 0.4) is 0 Å². The van der Waals surface area contributed by atoms with Gasteiger partial charge in [0.1, 0.15) is 11.6 Å². The van der Waals surface area contributed by atoms with E-state index >= 15 is 0 Å². The molecule has 1 aliphatic heterocycles. The number of benzene rings is 1. The van der Waals surface area contributed by atoms with Crippen molar-refractivity contribution in [3.05, 3.63) is 35.4 Å². The highest BCUT2D eigenvalue weighted by atomic mass is 19.1. The molecule has 2 nitrogen and oxygen atoms in total. The molecule has 1 fully saturated rings. The van der Waals surface area contributed by atoms with Gasteiger partial charge in [0.05, 0.1) is 5.54 Å². The Morgan fingerprint density at radius 2 is 1.95 bits per heavy atom. The van der Waals surface area contributed by atoms with Crippen LogP contribution in [-0.2, 0) is 11.2 Å². The molecule has 1 atom stereocenters. The molecule has 0 aromatic heterocycles. The number of Topliss-reactive ketones (excluding diaryl/α,β-unsaturated/α-hetero) is 1. The zero-order valence-corrected chi connectivity index (χ0v) is 12.1. The van der Waals surface area contributed by atoms with E-state index in [0.717, 1.165) is 32.0 Å². The predicted molar refractivity (Wildman–Crippen MR) is 74.6 cm³/mol. The van der Waals surface area contributed by atoms with Crippen molar-refractivity contribution in [3.8, 4) is 0 Å². The Bertz CT molecular complexity index is 497. The van der Waals surface area contributed by atoms with Gasteiger partial charge in [-0.15, -0.1) is 0 Å². The molecule has 0 spiro atoms. The fraction of sp³-hybridized carbons (Fsp3) is 0.562. The molecule has 1 aliphatic rings. The van der Waals surface area contributed by atoms with E-state index in [1.165, 1.54) is 12.1 Å². The second-order valence-electron chi connectivity index (χ2n) is 5.66. The number of hydrogen-bond donors (Lipinski definition) is 0. The fourth-order valence-corrected chi connectivity index (χ4v) is 2.84. The summed E-state index contributed by atoms with van der Waals surface area (Å²) in [6.07, 6.45) is 2.93. The zero-order valence-electron chi connectivity index (χ0n) is 12.1. The van der Waals surface area contributed by atoms with E-state index in [1.54, 1.807) is 0 Å². The van der Waals surface area contributed by atoms with Crippen molar-refractivity contribution in [3.63, 3.8) is 0 Å². The zero-order chi connectivity index (χ0) is 14.8. The van der Waals surface area contributed by atoms with E-state index in [-0.39, 0.29) is 17.8 Å². The molecule has 110 valence electrons. The number of likely N-dealkylation sites (tertiary alicyclic amines) is 1. The van der Waals surface area contributed by atoms with Crippen molar-refractivity contribution in [2.45, 2.75) is 45.1 Å². The molecule has 1 aromatic rings. The lowest BCUT2D eigenvalue weighted by molar-refractivity contribution is -0.129. The lowest BCUT2D eigenvalue weighted by Crippen LogP contribution is -2.51. The van der Waals surface area contributed by atoms with Gasteiger partial charge in [0.25, 0.3) is 0 Å². The number of rotatable bonds is 5. The van der Waals surface area contributed by atoms with Crippen LogP contribution in [0.4, 0.5) is 8.78 Å². The number of nitrogens with zero attached hydrogens (tertiary/aromatic N) is 1. The quantitative estimate of drug-likeness (QED) is 0.825. The largest absolute Gasteiger partial charge is 0.297 e. The van der Waals surface area contributed by atoms with Gasteiger partial charge in [-0.05, 0) is 50.9 Å². The molecule has 1 aromatic carbocycles. The monoisotopic (exact) mass is 281 g/mol. The first-order valence-electron chi connectivity index (χ1n) is 7.19. The van der Waals surface area contributed by atoms with Crippen LogP contribution in [0.2, 0.25) is 0 Å². The minimum atomic E-state index is -0.641. The molecule has 0 N–H and O–H groups in total. The first kappa shape index (κ1) is 15.1. The predicted octanol–water partition coefficient (Wildman–Crippen LogP) is 3.34. The summed E-state index contributed by atoms with van der Waals surface area (Å²) in [5.41, 5.74) is -0.271. The topological polar surface area (TPSA) is 20.3 Å². The first-order chi connectivity index (χ1) is 9.47. The highest BCUT2D eigenvalue weighted by Gasteiger charge is 2.38. The van der Waals surface area contributed by atoms with Crippen LogP contribution in [0.5, 0.6) is 0 Å². The van der Waals surface area contributed by atoms with Gasteiger partial charge in [-0.3, -0.25) is 9.69 Å². The summed E-state index contributed by atoms with van der Waals surface area (Å²) in [6.45, 7) is 5.75. The third-order valence-electron chi connectivity index (χ3n) is 4.46. The minimum absolute atomic E-state index is 0.00686. The smallest absolute Gasteiger partial charge is 0.157 e. The van der Waals surface area contributed by atoms with E-state index in [4.69, 9.17) is 0 Å². The lowest BCUT2D eigenvalue weighted by Gasteiger charge is -2.36. The molecule has 1 saturated heterocycles. The molecular weight excluding hydrogens is 260 g/mol. The van der Waals surface area contributed by atoms with Crippen molar-refractivity contribution in [1.82, 2.24) is 4.90 Å². The van der Waals surface area contributed by atoms with Gasteiger partial charge < -0.3 is 0 Å². The molecule has 20 heavy (non-hydrogen) atoms. The molecule has 1 unspecified atom stereocenters. The minimum Gasteiger partial charge on any atom is -0.297 e. The van der Waals surface area contributed by atoms with Crippen molar-refractivity contribution >= 4 is 5.78 Å². The second kappa shape index (κ2) is 6.00. The third-order valence-corrected chi connectivity index (χ3v) is 4.46. The maximum Gasteiger partial charge on any atom is 0.157 e. The van der Waals surface area contributed by atoms with Crippen molar-refractivity contribution in [2.24, 2.45) is 0 Å². The molecule has 4 heteroatoms. The molecule has 0 saturated carbocycles. The Labute approximate surface area is 118 Å². The molecular formula is C16H21F2NO. The van der Waals surface area contributed by atoms with Crippen LogP contribution >= 0.6 is 0 Å². The fourth-order valence-electron chi connectivity index (χ4n) is 2.84. The third kappa shape index (κ3) is 2.90. The number of halogens is 2. The summed E-state index contributed by atoms with van der Waals surface area (Å²) in [4.78, 5) is 14.8. The molecule has 0 radical (unpaired) electrons. The number of hydrogen-bond acceptors (Lipinski definition) is 2. The number of carbonyl (C=O) groups excluding carboxylic acids is 1. The van der Waals surface area contributed by atoms with Crippen LogP contribution in [0.1, 0.15) is 38.7 Å². The molecule has 0 aliphatic carbocycles. The Hall–Kier alpha value is -1.29. The summed E-state index contributed by atoms with van der Waals surface area (Å²) in [6, 6.07) is 3.40. The van der Waals surface area contributed by atoms with Gasteiger partial charge in [-0.2, -0.15) is 0 Å². The maximum atomic E-state index is 13.7. The van der Waals surface area contributed by atoms with Gasteiger partial charge in [-0.25, -0.2) is 8.78 Å². The molecule has 2 rings (SSSR count). The summed E-state index contributed by atoms with van der Waals surface area (Å²) in [5, 5.41) is 0. The summed E-state index contributed by atoms with van der Waals surface area (Å²) in [5.74, 6) is -1.25. The Morgan fingerprint density at radius 1 is 1.30 bits per heavy atom. The van der Waals surface area contributed by atoms with E-state index in [0.29, 0.717) is 6.42 Å². The summed E-state index contributed by atoms with van der Waals surface area (Å²) < 4.78 is 26.6. The van der Waals surface area contributed by atoms with Gasteiger partial charge in [0.2, 0.25) is 0 Å². The molecule has 0 bridgehead atoms. The average molecular weight is 281 g/mol. The van der Waals surface area contributed by atoms with Crippen LogP contribution in [0.15, 0.2) is 18.2 Å². The Kier molecular flexibility index (Phi) is 4.53. The summed E-state index contributed by atoms with van der Waals surface area (Å²) in [7, 11) is 0. The van der Waals surface area contributed by atoms with E-state index < -0.39 is 17.2 Å².